The minimum absolute atomic E-state index is 0.684. The zero-order valence-corrected chi connectivity index (χ0v) is 6.61. The quantitative estimate of drug-likeness (QED) is 0.617. The molecule has 1 heterocycles. The monoisotopic (exact) mass is 141 g/mol. The van der Waals surface area contributed by atoms with E-state index in [9.17, 15) is 0 Å². The summed E-state index contributed by atoms with van der Waals surface area (Å²) in [5.41, 5.74) is 1.38. The van der Waals surface area contributed by atoms with Gasteiger partial charge in [-0.25, -0.2) is 4.37 Å². The SMILES string of the molecule is CCC(C)c1cnsc1. The Labute approximate surface area is 59.9 Å². The lowest BCUT2D eigenvalue weighted by atomic mass is 10.0. The smallest absolute Gasteiger partial charge is 0.0441 e. The fourth-order valence-corrected chi connectivity index (χ4v) is 1.35. The Morgan fingerprint density at radius 1 is 1.78 bits per heavy atom. The summed E-state index contributed by atoms with van der Waals surface area (Å²) in [6.07, 6.45) is 3.16. The Kier molecular flexibility index (Phi) is 2.22. The van der Waals surface area contributed by atoms with Gasteiger partial charge in [0.15, 0.2) is 0 Å². The van der Waals surface area contributed by atoms with Gasteiger partial charge in [0, 0.05) is 11.6 Å². The van der Waals surface area contributed by atoms with E-state index in [1.165, 1.54) is 23.5 Å². The summed E-state index contributed by atoms with van der Waals surface area (Å²) in [7, 11) is 0. The van der Waals surface area contributed by atoms with Gasteiger partial charge >= 0.3 is 0 Å². The van der Waals surface area contributed by atoms with E-state index in [0.29, 0.717) is 5.92 Å². The van der Waals surface area contributed by atoms with E-state index in [1.807, 2.05) is 6.20 Å². The van der Waals surface area contributed by atoms with E-state index in [0.717, 1.165) is 0 Å². The van der Waals surface area contributed by atoms with Crippen LogP contribution in [0, 0.1) is 0 Å². The lowest BCUT2D eigenvalue weighted by Crippen LogP contribution is -1.86. The van der Waals surface area contributed by atoms with Crippen molar-refractivity contribution in [2.24, 2.45) is 0 Å². The van der Waals surface area contributed by atoms with Crippen molar-refractivity contribution in [1.82, 2.24) is 4.37 Å². The fraction of sp³-hybridized carbons (Fsp3) is 0.571. The molecular formula is C7H11NS. The van der Waals surface area contributed by atoms with Gasteiger partial charge in [-0.1, -0.05) is 13.8 Å². The highest BCUT2D eigenvalue weighted by Crippen LogP contribution is 2.18. The van der Waals surface area contributed by atoms with Crippen LogP contribution in [0.5, 0.6) is 0 Å². The highest BCUT2D eigenvalue weighted by molar-refractivity contribution is 7.03. The molecule has 50 valence electrons. The normalized spacial score (nSPS) is 13.6. The van der Waals surface area contributed by atoms with Crippen LogP contribution in [-0.2, 0) is 0 Å². The molecule has 0 fully saturated rings. The Morgan fingerprint density at radius 2 is 2.56 bits per heavy atom. The standard InChI is InChI=1S/C7H11NS/c1-3-6(2)7-4-8-9-5-7/h4-6H,3H2,1-2H3. The first-order valence-electron chi connectivity index (χ1n) is 3.24. The molecule has 1 nitrogen and oxygen atoms in total. The van der Waals surface area contributed by atoms with Crippen LogP contribution in [0.4, 0.5) is 0 Å². The van der Waals surface area contributed by atoms with Gasteiger partial charge in [-0.2, -0.15) is 0 Å². The number of hydrogen-bond donors (Lipinski definition) is 0. The van der Waals surface area contributed by atoms with E-state index >= 15 is 0 Å². The molecule has 0 N–H and O–H groups in total. The average molecular weight is 141 g/mol. The van der Waals surface area contributed by atoms with Gasteiger partial charge < -0.3 is 0 Å². The molecule has 0 radical (unpaired) electrons. The lowest BCUT2D eigenvalue weighted by molar-refractivity contribution is 0.735. The van der Waals surface area contributed by atoms with E-state index in [4.69, 9.17) is 0 Å². The first-order valence-corrected chi connectivity index (χ1v) is 4.07. The number of rotatable bonds is 2. The molecule has 0 saturated heterocycles. The molecule has 0 aromatic carbocycles. The van der Waals surface area contributed by atoms with Crippen molar-refractivity contribution >= 4 is 11.5 Å². The summed E-state index contributed by atoms with van der Waals surface area (Å²) >= 11 is 1.53. The van der Waals surface area contributed by atoms with Crippen molar-refractivity contribution in [2.45, 2.75) is 26.2 Å². The summed E-state index contributed by atoms with van der Waals surface area (Å²) in [5.74, 6) is 0.684. The third kappa shape index (κ3) is 1.52. The van der Waals surface area contributed by atoms with Gasteiger partial charge in [-0.3, -0.25) is 0 Å². The first kappa shape index (κ1) is 6.75. The summed E-state index contributed by atoms with van der Waals surface area (Å²) in [5, 5.41) is 2.12. The van der Waals surface area contributed by atoms with E-state index in [2.05, 4.69) is 23.6 Å². The third-order valence-corrected chi connectivity index (χ3v) is 2.24. The van der Waals surface area contributed by atoms with Crippen molar-refractivity contribution in [2.75, 3.05) is 0 Å². The zero-order valence-electron chi connectivity index (χ0n) is 5.79. The molecule has 0 saturated carbocycles. The maximum atomic E-state index is 4.03. The molecule has 0 aliphatic heterocycles. The molecule has 1 aromatic rings. The Balaban J connectivity index is 2.65. The highest BCUT2D eigenvalue weighted by Gasteiger charge is 2.01. The van der Waals surface area contributed by atoms with Gasteiger partial charge in [0.1, 0.15) is 0 Å². The van der Waals surface area contributed by atoms with Crippen molar-refractivity contribution in [3.8, 4) is 0 Å². The average Bonchev–Trinajstić information content (AvgIpc) is 2.37. The van der Waals surface area contributed by atoms with E-state index < -0.39 is 0 Å². The molecule has 0 bridgehead atoms. The molecule has 0 amide bonds. The second kappa shape index (κ2) is 2.97. The van der Waals surface area contributed by atoms with Gasteiger partial charge in [0.05, 0.1) is 0 Å². The topological polar surface area (TPSA) is 12.9 Å². The highest BCUT2D eigenvalue weighted by atomic mass is 32.1. The minimum atomic E-state index is 0.684. The molecule has 0 aliphatic carbocycles. The molecule has 2 heteroatoms. The Bertz CT molecular complexity index is 157. The second-order valence-corrected chi connectivity index (χ2v) is 2.92. The summed E-state index contributed by atoms with van der Waals surface area (Å²) in [6.45, 7) is 4.42. The molecule has 0 spiro atoms. The van der Waals surface area contributed by atoms with Crippen LogP contribution in [0.15, 0.2) is 11.6 Å². The minimum Gasteiger partial charge on any atom is -0.201 e. The molecule has 9 heavy (non-hydrogen) atoms. The van der Waals surface area contributed by atoms with Crippen LogP contribution in [0.25, 0.3) is 0 Å². The fourth-order valence-electron chi connectivity index (χ4n) is 0.692. The van der Waals surface area contributed by atoms with Crippen LogP contribution in [0.3, 0.4) is 0 Å². The van der Waals surface area contributed by atoms with Crippen LogP contribution in [0.1, 0.15) is 31.7 Å². The molecule has 1 atom stereocenters. The molecule has 1 rings (SSSR count). The summed E-state index contributed by atoms with van der Waals surface area (Å²) in [6, 6.07) is 0. The third-order valence-electron chi connectivity index (χ3n) is 1.63. The summed E-state index contributed by atoms with van der Waals surface area (Å²) in [4.78, 5) is 0. The van der Waals surface area contributed by atoms with Gasteiger partial charge in [0.2, 0.25) is 0 Å². The van der Waals surface area contributed by atoms with Gasteiger partial charge in [-0.05, 0) is 29.4 Å². The lowest BCUT2D eigenvalue weighted by Gasteiger charge is -2.01. The van der Waals surface area contributed by atoms with Crippen molar-refractivity contribution in [1.29, 1.82) is 0 Å². The second-order valence-electron chi connectivity index (χ2n) is 2.27. The van der Waals surface area contributed by atoms with Crippen molar-refractivity contribution in [3.05, 3.63) is 17.1 Å². The van der Waals surface area contributed by atoms with E-state index in [1.54, 1.807) is 0 Å². The Morgan fingerprint density at radius 3 is 3.00 bits per heavy atom. The largest absolute Gasteiger partial charge is 0.201 e. The van der Waals surface area contributed by atoms with Crippen LogP contribution < -0.4 is 0 Å². The van der Waals surface area contributed by atoms with E-state index in [-0.39, 0.29) is 0 Å². The Hall–Kier alpha value is -0.370. The number of aromatic nitrogens is 1. The van der Waals surface area contributed by atoms with Gasteiger partial charge in [0.25, 0.3) is 0 Å². The number of hydrogen-bond acceptors (Lipinski definition) is 2. The van der Waals surface area contributed by atoms with Crippen LogP contribution in [0.2, 0.25) is 0 Å². The number of nitrogens with zero attached hydrogens (tertiary/aromatic N) is 1. The predicted octanol–water partition coefficient (Wildman–Crippen LogP) is 2.66. The van der Waals surface area contributed by atoms with Crippen molar-refractivity contribution in [3.63, 3.8) is 0 Å². The summed E-state index contributed by atoms with van der Waals surface area (Å²) < 4.78 is 4.03. The maximum Gasteiger partial charge on any atom is 0.0441 e. The zero-order chi connectivity index (χ0) is 6.69. The molecular weight excluding hydrogens is 130 g/mol. The van der Waals surface area contributed by atoms with Crippen LogP contribution >= 0.6 is 11.5 Å². The first-order chi connectivity index (χ1) is 4.34. The molecule has 1 aromatic heterocycles. The molecule has 0 aliphatic rings. The maximum absolute atomic E-state index is 4.03. The predicted molar refractivity (Wildman–Crippen MR) is 40.8 cm³/mol. The van der Waals surface area contributed by atoms with Gasteiger partial charge in [-0.15, -0.1) is 0 Å². The molecule has 1 unspecified atom stereocenters. The van der Waals surface area contributed by atoms with Crippen LogP contribution in [-0.4, -0.2) is 4.37 Å². The van der Waals surface area contributed by atoms with Crippen molar-refractivity contribution < 1.29 is 0 Å².